The lowest BCUT2D eigenvalue weighted by Gasteiger charge is -2.30. The number of carbonyl (C=O) groups excluding carboxylic acids is 1. The molecule has 6 nitrogen and oxygen atoms in total. The number of carboxylic acid groups (broad SMARTS) is 1. The topological polar surface area (TPSA) is 78.9 Å². The van der Waals surface area contributed by atoms with Gasteiger partial charge in [0.25, 0.3) is 0 Å². The lowest BCUT2D eigenvalue weighted by Crippen LogP contribution is -2.46. The average molecular weight is 390 g/mol. The molecule has 0 aliphatic carbocycles. The molecule has 28 heavy (non-hydrogen) atoms. The number of carboxylic acids is 1. The third-order valence-corrected chi connectivity index (χ3v) is 4.55. The van der Waals surface area contributed by atoms with Crippen LogP contribution < -0.4 is 10.1 Å². The minimum atomic E-state index is -0.912. The maximum absolute atomic E-state index is 14.3. The van der Waals surface area contributed by atoms with E-state index in [0.717, 1.165) is 0 Å². The van der Waals surface area contributed by atoms with Gasteiger partial charge in [-0.2, -0.15) is 0 Å². The van der Waals surface area contributed by atoms with Gasteiger partial charge in [0.15, 0.2) is 23.1 Å². The third-order valence-electron chi connectivity index (χ3n) is 4.55. The molecule has 0 radical (unpaired) electrons. The summed E-state index contributed by atoms with van der Waals surface area (Å²) in [6.07, 6.45) is 1.18. The molecule has 1 aliphatic heterocycles. The Bertz CT molecular complexity index is 875. The number of ether oxygens (including phenoxy) is 1. The van der Waals surface area contributed by atoms with Crippen molar-refractivity contribution in [3.63, 3.8) is 0 Å². The number of urea groups is 1. The van der Waals surface area contributed by atoms with Crippen LogP contribution in [0.2, 0.25) is 0 Å². The fourth-order valence-electron chi connectivity index (χ4n) is 3.04. The van der Waals surface area contributed by atoms with E-state index < -0.39 is 29.6 Å². The molecule has 2 N–H and O–H groups in total. The minimum Gasteiger partial charge on any atom is -0.481 e. The molecule has 2 aromatic carbocycles. The Hall–Kier alpha value is -3.16. The summed E-state index contributed by atoms with van der Waals surface area (Å²) in [5.41, 5.74) is 0.499. The molecular weight excluding hydrogens is 370 g/mol. The van der Waals surface area contributed by atoms with E-state index in [2.05, 4.69) is 5.32 Å². The number of nitrogens with one attached hydrogen (secondary N) is 1. The summed E-state index contributed by atoms with van der Waals surface area (Å²) in [5.74, 6) is -2.96. The zero-order valence-corrected chi connectivity index (χ0v) is 15.0. The van der Waals surface area contributed by atoms with Crippen molar-refractivity contribution in [2.75, 3.05) is 13.1 Å². The van der Waals surface area contributed by atoms with Crippen molar-refractivity contribution in [2.45, 2.75) is 19.4 Å². The minimum absolute atomic E-state index is 0.0734. The largest absolute Gasteiger partial charge is 0.481 e. The van der Waals surface area contributed by atoms with E-state index in [9.17, 15) is 18.4 Å². The smallest absolute Gasteiger partial charge is 0.317 e. The molecule has 148 valence electrons. The number of aliphatic carboxylic acids is 1. The number of para-hydroxylation sites is 1. The van der Waals surface area contributed by atoms with E-state index in [1.54, 1.807) is 12.1 Å². The Labute approximate surface area is 160 Å². The zero-order chi connectivity index (χ0) is 20.1. The van der Waals surface area contributed by atoms with Crippen molar-refractivity contribution in [3.8, 4) is 11.5 Å². The van der Waals surface area contributed by atoms with Gasteiger partial charge in [0, 0.05) is 19.6 Å². The second-order valence-corrected chi connectivity index (χ2v) is 6.58. The quantitative estimate of drug-likeness (QED) is 0.815. The van der Waals surface area contributed by atoms with Crippen LogP contribution in [0.4, 0.5) is 13.6 Å². The van der Waals surface area contributed by atoms with Crippen LogP contribution in [0.25, 0.3) is 0 Å². The predicted molar refractivity (Wildman–Crippen MR) is 97.0 cm³/mol. The molecule has 2 amide bonds. The van der Waals surface area contributed by atoms with Gasteiger partial charge in [0.05, 0.1) is 5.92 Å². The number of nitrogens with zero attached hydrogens (tertiary/aromatic N) is 1. The SMILES string of the molecule is O=C(O)C1CCCN(C(=O)NCc2ccc(Oc3ccccc3F)c(F)c2)C1. The van der Waals surface area contributed by atoms with Crippen LogP contribution >= 0.6 is 0 Å². The first-order valence-electron chi connectivity index (χ1n) is 8.90. The maximum atomic E-state index is 14.3. The molecule has 0 spiro atoms. The van der Waals surface area contributed by atoms with Crippen molar-refractivity contribution in [2.24, 2.45) is 5.92 Å². The lowest BCUT2D eigenvalue weighted by molar-refractivity contribution is -0.143. The number of halogens is 2. The van der Waals surface area contributed by atoms with Crippen molar-refractivity contribution < 1.29 is 28.2 Å². The monoisotopic (exact) mass is 390 g/mol. The van der Waals surface area contributed by atoms with Crippen LogP contribution in [0.5, 0.6) is 11.5 Å². The molecule has 1 saturated heterocycles. The molecule has 1 aliphatic rings. The molecule has 1 heterocycles. The highest BCUT2D eigenvalue weighted by Crippen LogP contribution is 2.27. The fourth-order valence-corrected chi connectivity index (χ4v) is 3.04. The Morgan fingerprint density at radius 2 is 1.89 bits per heavy atom. The Kier molecular flexibility index (Phi) is 6.08. The average Bonchev–Trinajstić information content (AvgIpc) is 2.69. The van der Waals surface area contributed by atoms with Crippen LogP contribution in [0.1, 0.15) is 18.4 Å². The van der Waals surface area contributed by atoms with Crippen molar-refractivity contribution in [1.29, 1.82) is 0 Å². The molecule has 2 aromatic rings. The number of amides is 2. The van der Waals surface area contributed by atoms with Gasteiger partial charge in [-0.1, -0.05) is 18.2 Å². The molecule has 0 aromatic heterocycles. The van der Waals surface area contributed by atoms with E-state index >= 15 is 0 Å². The van der Waals surface area contributed by atoms with Crippen LogP contribution in [-0.4, -0.2) is 35.1 Å². The summed E-state index contributed by atoms with van der Waals surface area (Å²) in [6.45, 7) is 0.717. The van der Waals surface area contributed by atoms with Crippen LogP contribution in [-0.2, 0) is 11.3 Å². The van der Waals surface area contributed by atoms with Crippen LogP contribution in [0.15, 0.2) is 42.5 Å². The number of hydrogen-bond acceptors (Lipinski definition) is 3. The van der Waals surface area contributed by atoms with Gasteiger partial charge in [-0.15, -0.1) is 0 Å². The highest BCUT2D eigenvalue weighted by atomic mass is 19.1. The third kappa shape index (κ3) is 4.76. The number of likely N-dealkylation sites (tertiary alicyclic amines) is 1. The summed E-state index contributed by atoms with van der Waals surface area (Å²) >= 11 is 0. The molecule has 8 heteroatoms. The summed E-state index contributed by atoms with van der Waals surface area (Å²) in [7, 11) is 0. The summed E-state index contributed by atoms with van der Waals surface area (Å²) in [5, 5.41) is 11.7. The molecule has 1 unspecified atom stereocenters. The van der Waals surface area contributed by atoms with Crippen molar-refractivity contribution in [1.82, 2.24) is 10.2 Å². The summed E-state index contributed by atoms with van der Waals surface area (Å²) in [6, 6.07) is 9.44. The van der Waals surface area contributed by atoms with Crippen molar-refractivity contribution >= 4 is 12.0 Å². The Morgan fingerprint density at radius 1 is 1.14 bits per heavy atom. The van der Waals surface area contributed by atoms with Gasteiger partial charge in [-0.25, -0.2) is 13.6 Å². The predicted octanol–water partition coefficient (Wildman–Crippen LogP) is 3.76. The highest BCUT2D eigenvalue weighted by molar-refractivity contribution is 5.76. The fraction of sp³-hybridized carbons (Fsp3) is 0.300. The number of rotatable bonds is 5. The maximum Gasteiger partial charge on any atom is 0.317 e. The Balaban J connectivity index is 1.58. The van der Waals surface area contributed by atoms with Gasteiger partial charge in [-0.05, 0) is 42.7 Å². The number of carbonyl (C=O) groups is 2. The molecule has 1 fully saturated rings. The molecule has 0 saturated carbocycles. The van der Waals surface area contributed by atoms with Gasteiger partial charge in [0.2, 0.25) is 0 Å². The number of benzene rings is 2. The number of piperidine rings is 1. The van der Waals surface area contributed by atoms with E-state index in [1.165, 1.54) is 35.2 Å². The van der Waals surface area contributed by atoms with Gasteiger partial charge >= 0.3 is 12.0 Å². The first-order valence-corrected chi connectivity index (χ1v) is 8.90. The highest BCUT2D eigenvalue weighted by Gasteiger charge is 2.27. The Morgan fingerprint density at radius 3 is 2.61 bits per heavy atom. The molecular formula is C20H20F2N2O4. The first-order chi connectivity index (χ1) is 13.4. The van der Waals surface area contributed by atoms with Gasteiger partial charge in [-0.3, -0.25) is 4.79 Å². The van der Waals surface area contributed by atoms with E-state index in [0.29, 0.717) is 24.9 Å². The first kappa shape index (κ1) is 19.6. The van der Waals surface area contributed by atoms with Crippen molar-refractivity contribution in [3.05, 3.63) is 59.7 Å². The summed E-state index contributed by atoms with van der Waals surface area (Å²) in [4.78, 5) is 24.8. The molecule has 3 rings (SSSR count). The molecule has 0 bridgehead atoms. The normalized spacial score (nSPS) is 16.5. The van der Waals surface area contributed by atoms with E-state index in [4.69, 9.17) is 9.84 Å². The zero-order valence-electron chi connectivity index (χ0n) is 15.0. The second kappa shape index (κ2) is 8.69. The van der Waals surface area contributed by atoms with Gasteiger partial charge < -0.3 is 20.1 Å². The lowest BCUT2D eigenvalue weighted by atomic mass is 9.99. The second-order valence-electron chi connectivity index (χ2n) is 6.58. The summed E-state index contributed by atoms with van der Waals surface area (Å²) < 4.78 is 33.1. The van der Waals surface area contributed by atoms with Crippen LogP contribution in [0.3, 0.4) is 0 Å². The van der Waals surface area contributed by atoms with Crippen LogP contribution in [0, 0.1) is 17.6 Å². The van der Waals surface area contributed by atoms with E-state index in [-0.39, 0.29) is 24.6 Å². The van der Waals surface area contributed by atoms with E-state index in [1.807, 2.05) is 0 Å². The molecule has 1 atom stereocenters. The number of hydrogen-bond donors (Lipinski definition) is 2. The standard InChI is InChI=1S/C20H20F2N2O4/c21-15-5-1-2-6-17(15)28-18-8-7-13(10-16(18)22)11-23-20(27)24-9-3-4-14(12-24)19(25)26/h1-2,5-8,10,14H,3-4,9,11-12H2,(H,23,27)(H,25,26). The van der Waals surface area contributed by atoms with Gasteiger partial charge in [0.1, 0.15) is 0 Å².